The van der Waals surface area contributed by atoms with Crippen molar-refractivity contribution in [3.05, 3.63) is 66.2 Å². The van der Waals surface area contributed by atoms with Crippen LogP contribution in [0.1, 0.15) is 26.7 Å². The third-order valence-corrected chi connectivity index (χ3v) is 4.31. The zero-order chi connectivity index (χ0) is 14.7. The second-order valence-electron chi connectivity index (χ2n) is 5.98. The lowest BCUT2D eigenvalue weighted by Crippen LogP contribution is -1.99. The smallest absolute Gasteiger partial charge is 0.0635 e. The van der Waals surface area contributed by atoms with Gasteiger partial charge in [0.05, 0.1) is 5.69 Å². The predicted octanol–water partition coefficient (Wildman–Crippen LogP) is 5.80. The first-order valence-corrected chi connectivity index (χ1v) is 7.58. The maximum Gasteiger partial charge on any atom is 0.0635 e. The highest BCUT2D eigenvalue weighted by Crippen LogP contribution is 2.50. The van der Waals surface area contributed by atoms with Crippen LogP contribution in [0.5, 0.6) is 0 Å². The van der Waals surface area contributed by atoms with E-state index in [1.54, 1.807) is 0 Å². The van der Waals surface area contributed by atoms with Crippen molar-refractivity contribution in [1.29, 1.82) is 0 Å². The first-order valence-electron chi connectivity index (χ1n) is 7.58. The fourth-order valence-electron chi connectivity index (χ4n) is 2.60. The molecule has 1 saturated carbocycles. The van der Waals surface area contributed by atoms with Crippen LogP contribution in [0.15, 0.2) is 71.2 Å². The van der Waals surface area contributed by atoms with Gasteiger partial charge in [0.1, 0.15) is 0 Å². The number of nitrogens with zero attached hydrogens (tertiary/aromatic N) is 1. The summed E-state index contributed by atoms with van der Waals surface area (Å²) >= 11 is 0. The molecule has 0 aromatic heterocycles. The molecule has 106 valence electrons. The normalized spacial score (nSPS) is 17.1. The van der Waals surface area contributed by atoms with Crippen molar-refractivity contribution in [2.24, 2.45) is 10.4 Å². The molecule has 0 atom stereocenters. The quantitative estimate of drug-likeness (QED) is 0.625. The summed E-state index contributed by atoms with van der Waals surface area (Å²) in [6, 6.07) is 18.8. The molecule has 0 N–H and O–H groups in total. The largest absolute Gasteiger partial charge is 0.257 e. The van der Waals surface area contributed by atoms with E-state index in [1.165, 1.54) is 29.5 Å². The van der Waals surface area contributed by atoms with Crippen LogP contribution in [0.3, 0.4) is 0 Å². The Hall–Kier alpha value is -2.15. The molecule has 21 heavy (non-hydrogen) atoms. The summed E-state index contributed by atoms with van der Waals surface area (Å²) in [7, 11) is 0. The molecule has 1 fully saturated rings. The number of hydrogen-bond donors (Lipinski definition) is 0. The number of aliphatic imine (C=N–C) groups is 1. The van der Waals surface area contributed by atoms with Gasteiger partial charge in [-0.3, -0.25) is 4.99 Å². The van der Waals surface area contributed by atoms with Crippen molar-refractivity contribution in [1.82, 2.24) is 0 Å². The molecule has 2 aromatic rings. The van der Waals surface area contributed by atoms with Crippen LogP contribution >= 0.6 is 0 Å². The molecule has 3 rings (SSSR count). The van der Waals surface area contributed by atoms with Gasteiger partial charge in [-0.1, -0.05) is 55.5 Å². The zero-order valence-electron chi connectivity index (χ0n) is 12.7. The fourth-order valence-corrected chi connectivity index (χ4v) is 2.60. The Morgan fingerprint density at radius 1 is 1.00 bits per heavy atom. The summed E-state index contributed by atoms with van der Waals surface area (Å²) in [5.74, 6) is 0. The maximum absolute atomic E-state index is 4.68. The van der Waals surface area contributed by atoms with Crippen molar-refractivity contribution in [3.63, 3.8) is 0 Å². The zero-order valence-corrected chi connectivity index (χ0v) is 12.7. The van der Waals surface area contributed by atoms with Gasteiger partial charge in [0.25, 0.3) is 0 Å². The van der Waals surface area contributed by atoms with Gasteiger partial charge in [0.15, 0.2) is 0 Å². The van der Waals surface area contributed by atoms with Gasteiger partial charge < -0.3 is 0 Å². The third-order valence-electron chi connectivity index (χ3n) is 4.31. The maximum atomic E-state index is 4.68. The molecule has 0 unspecified atom stereocenters. The van der Waals surface area contributed by atoms with Crippen molar-refractivity contribution in [2.75, 3.05) is 0 Å². The molecule has 0 radical (unpaired) electrons. The first-order chi connectivity index (χ1) is 10.2. The molecule has 1 heteroatoms. The van der Waals surface area contributed by atoms with Gasteiger partial charge in [-0.05, 0) is 54.0 Å². The van der Waals surface area contributed by atoms with Crippen molar-refractivity contribution in [3.8, 4) is 11.1 Å². The molecule has 1 nitrogen and oxygen atoms in total. The lowest BCUT2D eigenvalue weighted by Gasteiger charge is -2.08. The minimum absolute atomic E-state index is 0.370. The van der Waals surface area contributed by atoms with Crippen molar-refractivity contribution >= 4 is 11.9 Å². The number of allylic oxidation sites excluding steroid dienone is 2. The summed E-state index contributed by atoms with van der Waals surface area (Å²) in [5, 5.41) is 0. The molecule has 0 saturated heterocycles. The van der Waals surface area contributed by atoms with Crippen LogP contribution in [0, 0.1) is 5.41 Å². The highest BCUT2D eigenvalue weighted by atomic mass is 14.7. The summed E-state index contributed by atoms with van der Waals surface area (Å²) in [6.45, 7) is 4.42. The Bertz CT molecular complexity index is 676. The van der Waals surface area contributed by atoms with Gasteiger partial charge in [-0.15, -0.1) is 0 Å². The molecule has 0 bridgehead atoms. The van der Waals surface area contributed by atoms with Crippen molar-refractivity contribution in [2.45, 2.75) is 26.7 Å². The monoisotopic (exact) mass is 275 g/mol. The van der Waals surface area contributed by atoms with Gasteiger partial charge in [-0.25, -0.2) is 0 Å². The molecule has 2 aromatic carbocycles. The van der Waals surface area contributed by atoms with Gasteiger partial charge in [0, 0.05) is 6.21 Å². The Balaban J connectivity index is 1.84. The van der Waals surface area contributed by atoms with Crippen LogP contribution in [-0.2, 0) is 0 Å². The highest BCUT2D eigenvalue weighted by Gasteiger charge is 2.39. The lowest BCUT2D eigenvalue weighted by atomic mass is 9.99. The number of hydrogen-bond acceptors (Lipinski definition) is 1. The molecule has 1 aliphatic rings. The summed E-state index contributed by atoms with van der Waals surface area (Å²) < 4.78 is 0. The molecule has 0 heterocycles. The molecule has 0 spiro atoms. The SMILES string of the molecule is C/C=C(\C=Nc1cccc(-c2ccccc2)c1)C1(C)CC1. The summed E-state index contributed by atoms with van der Waals surface area (Å²) in [5.41, 5.74) is 5.18. The third kappa shape index (κ3) is 3.13. The van der Waals surface area contributed by atoms with Gasteiger partial charge >= 0.3 is 0 Å². The van der Waals surface area contributed by atoms with E-state index in [4.69, 9.17) is 0 Å². The van der Waals surface area contributed by atoms with Crippen LogP contribution in [0.25, 0.3) is 11.1 Å². The average molecular weight is 275 g/mol. The average Bonchev–Trinajstić information content (AvgIpc) is 3.28. The van der Waals surface area contributed by atoms with E-state index in [1.807, 2.05) is 12.3 Å². The van der Waals surface area contributed by atoms with Gasteiger partial charge in [-0.2, -0.15) is 0 Å². The summed E-state index contributed by atoms with van der Waals surface area (Å²) in [6.07, 6.45) is 6.79. The topological polar surface area (TPSA) is 12.4 Å². The minimum Gasteiger partial charge on any atom is -0.257 e. The Morgan fingerprint density at radius 3 is 2.38 bits per heavy atom. The minimum atomic E-state index is 0.370. The molecule has 0 amide bonds. The van der Waals surface area contributed by atoms with E-state index < -0.39 is 0 Å². The van der Waals surface area contributed by atoms with E-state index in [9.17, 15) is 0 Å². The summed E-state index contributed by atoms with van der Waals surface area (Å²) in [4.78, 5) is 4.68. The Kier molecular flexibility index (Phi) is 3.74. The van der Waals surface area contributed by atoms with Crippen molar-refractivity contribution < 1.29 is 0 Å². The van der Waals surface area contributed by atoms with E-state index in [-0.39, 0.29) is 0 Å². The van der Waals surface area contributed by atoms with E-state index >= 15 is 0 Å². The van der Waals surface area contributed by atoms with Crippen LogP contribution in [-0.4, -0.2) is 6.21 Å². The highest BCUT2D eigenvalue weighted by molar-refractivity contribution is 5.84. The molecular formula is C20H21N. The lowest BCUT2D eigenvalue weighted by molar-refractivity contribution is 0.722. The molecule has 1 aliphatic carbocycles. The second kappa shape index (κ2) is 5.69. The predicted molar refractivity (Wildman–Crippen MR) is 91.1 cm³/mol. The van der Waals surface area contributed by atoms with E-state index in [0.717, 1.165) is 5.69 Å². The Morgan fingerprint density at radius 2 is 1.71 bits per heavy atom. The standard InChI is InChI=1S/C20H21N/c1-3-18(20(2)12-13-20)15-21-19-11-7-10-17(14-19)16-8-5-4-6-9-16/h3-11,14-15H,12-13H2,1-2H3/b18-3+,21-15?. The molecule has 0 aliphatic heterocycles. The van der Waals surface area contributed by atoms with Crippen LogP contribution in [0.2, 0.25) is 0 Å². The fraction of sp³-hybridized carbons (Fsp3) is 0.250. The van der Waals surface area contributed by atoms with Crippen LogP contribution in [0.4, 0.5) is 5.69 Å². The number of rotatable bonds is 4. The van der Waals surface area contributed by atoms with Gasteiger partial charge in [0.2, 0.25) is 0 Å². The number of benzene rings is 2. The van der Waals surface area contributed by atoms with E-state index in [2.05, 4.69) is 73.4 Å². The molecular weight excluding hydrogens is 254 g/mol. The second-order valence-corrected chi connectivity index (χ2v) is 5.98. The first kappa shape index (κ1) is 13.8. The Labute approximate surface area is 127 Å². The van der Waals surface area contributed by atoms with Crippen LogP contribution < -0.4 is 0 Å². The van der Waals surface area contributed by atoms with E-state index in [0.29, 0.717) is 5.41 Å².